The van der Waals surface area contributed by atoms with Crippen molar-refractivity contribution in [1.29, 1.82) is 0 Å². The third kappa shape index (κ3) is 4.84. The molecule has 1 aromatic heterocycles. The molecule has 0 bridgehead atoms. The topological polar surface area (TPSA) is 68.4 Å². The third-order valence-electron chi connectivity index (χ3n) is 5.43. The molecule has 2 amide bonds. The lowest BCUT2D eigenvalue weighted by atomic mass is 10.1. The van der Waals surface area contributed by atoms with Crippen molar-refractivity contribution in [2.75, 3.05) is 38.0 Å². The summed E-state index contributed by atoms with van der Waals surface area (Å²) in [4.78, 5) is 32.1. The number of aromatic amines is 1. The maximum absolute atomic E-state index is 12.6. The normalized spacial score (nSPS) is 14.8. The predicted molar refractivity (Wildman–Crippen MR) is 115 cm³/mol. The molecule has 0 aliphatic carbocycles. The van der Waals surface area contributed by atoms with Gasteiger partial charge in [0.25, 0.3) is 0 Å². The zero-order chi connectivity index (χ0) is 20.1. The van der Waals surface area contributed by atoms with Crippen LogP contribution in [0.4, 0.5) is 5.69 Å². The van der Waals surface area contributed by atoms with Gasteiger partial charge in [-0.1, -0.05) is 36.4 Å². The molecule has 2 aromatic carbocycles. The lowest BCUT2D eigenvalue weighted by molar-refractivity contribution is -0.133. The Morgan fingerprint density at radius 1 is 0.931 bits per heavy atom. The maximum Gasteiger partial charge on any atom is 0.238 e. The zero-order valence-corrected chi connectivity index (χ0v) is 16.4. The summed E-state index contributed by atoms with van der Waals surface area (Å²) in [5, 5.41) is 4.10. The number of aryl methyl sites for hydroxylation is 1. The number of H-pyrrole nitrogens is 1. The van der Waals surface area contributed by atoms with Crippen molar-refractivity contribution in [3.63, 3.8) is 0 Å². The average molecular weight is 390 g/mol. The molecule has 2 heterocycles. The molecule has 4 rings (SSSR count). The van der Waals surface area contributed by atoms with Crippen molar-refractivity contribution >= 4 is 28.4 Å². The van der Waals surface area contributed by atoms with Crippen LogP contribution in [-0.2, 0) is 16.0 Å². The molecular weight excluding hydrogens is 364 g/mol. The maximum atomic E-state index is 12.6. The van der Waals surface area contributed by atoms with Gasteiger partial charge in [-0.2, -0.15) is 0 Å². The SMILES string of the molecule is O=C(CN1CCN(C(=O)CCc2c[nH]c3ccccc23)CC1)Nc1ccccc1. The first-order chi connectivity index (χ1) is 14.2. The second-order valence-electron chi connectivity index (χ2n) is 7.43. The first-order valence-corrected chi connectivity index (χ1v) is 10.1. The Kier molecular flexibility index (Phi) is 5.91. The molecule has 0 atom stereocenters. The highest BCUT2D eigenvalue weighted by molar-refractivity contribution is 5.92. The van der Waals surface area contributed by atoms with E-state index in [0.717, 1.165) is 30.7 Å². The number of nitrogens with zero attached hydrogens (tertiary/aromatic N) is 2. The standard InChI is InChI=1S/C23H26N4O2/c28-22(25-19-6-2-1-3-7-19)17-26-12-14-27(15-13-26)23(29)11-10-18-16-24-21-9-5-4-8-20(18)21/h1-9,16,24H,10-15,17H2,(H,25,28). The van der Waals surface area contributed by atoms with E-state index in [1.807, 2.05) is 59.6 Å². The molecule has 0 saturated carbocycles. The van der Waals surface area contributed by atoms with Gasteiger partial charge in [-0.15, -0.1) is 0 Å². The number of carbonyl (C=O) groups is 2. The number of hydrogen-bond acceptors (Lipinski definition) is 3. The molecule has 0 radical (unpaired) electrons. The van der Waals surface area contributed by atoms with Crippen LogP contribution in [0, 0.1) is 0 Å². The molecular formula is C23H26N4O2. The first-order valence-electron chi connectivity index (χ1n) is 10.1. The summed E-state index contributed by atoms with van der Waals surface area (Å²) in [6.45, 7) is 3.14. The number of piperazine rings is 1. The van der Waals surface area contributed by atoms with Crippen LogP contribution in [-0.4, -0.2) is 59.3 Å². The molecule has 150 valence electrons. The van der Waals surface area contributed by atoms with Gasteiger partial charge in [0.2, 0.25) is 11.8 Å². The van der Waals surface area contributed by atoms with Crippen LogP contribution in [0.5, 0.6) is 0 Å². The number of carbonyl (C=O) groups excluding carboxylic acids is 2. The fourth-order valence-corrected chi connectivity index (χ4v) is 3.82. The molecule has 3 aromatic rings. The molecule has 1 fully saturated rings. The Balaban J connectivity index is 1.22. The van der Waals surface area contributed by atoms with Gasteiger partial charge in [-0.3, -0.25) is 14.5 Å². The Hall–Kier alpha value is -3.12. The summed E-state index contributed by atoms with van der Waals surface area (Å²) < 4.78 is 0. The summed E-state index contributed by atoms with van der Waals surface area (Å²) in [7, 11) is 0. The van der Waals surface area contributed by atoms with Gasteiger partial charge in [0, 0.05) is 55.4 Å². The summed E-state index contributed by atoms with van der Waals surface area (Å²) in [6.07, 6.45) is 3.25. The monoisotopic (exact) mass is 390 g/mol. The molecule has 1 aliphatic heterocycles. The highest BCUT2D eigenvalue weighted by Gasteiger charge is 2.22. The van der Waals surface area contributed by atoms with Gasteiger partial charge in [0.15, 0.2) is 0 Å². The van der Waals surface area contributed by atoms with Crippen molar-refractivity contribution < 1.29 is 9.59 Å². The lowest BCUT2D eigenvalue weighted by Crippen LogP contribution is -2.50. The van der Waals surface area contributed by atoms with Crippen LogP contribution in [0.3, 0.4) is 0 Å². The van der Waals surface area contributed by atoms with Crippen molar-refractivity contribution in [3.8, 4) is 0 Å². The van der Waals surface area contributed by atoms with E-state index in [1.165, 1.54) is 10.9 Å². The van der Waals surface area contributed by atoms with Crippen molar-refractivity contribution in [3.05, 3.63) is 66.4 Å². The van der Waals surface area contributed by atoms with Crippen molar-refractivity contribution in [2.45, 2.75) is 12.8 Å². The zero-order valence-electron chi connectivity index (χ0n) is 16.4. The molecule has 6 nitrogen and oxygen atoms in total. The molecule has 1 aliphatic rings. The summed E-state index contributed by atoms with van der Waals surface area (Å²) >= 11 is 0. The fourth-order valence-electron chi connectivity index (χ4n) is 3.82. The van der Waals surface area contributed by atoms with E-state index < -0.39 is 0 Å². The second kappa shape index (κ2) is 8.92. The second-order valence-corrected chi connectivity index (χ2v) is 7.43. The number of benzene rings is 2. The van der Waals surface area contributed by atoms with Gasteiger partial charge >= 0.3 is 0 Å². The van der Waals surface area contributed by atoms with Gasteiger partial charge in [-0.05, 0) is 30.2 Å². The third-order valence-corrected chi connectivity index (χ3v) is 5.43. The quantitative estimate of drug-likeness (QED) is 0.680. The summed E-state index contributed by atoms with van der Waals surface area (Å²) in [5.74, 6) is 0.166. The van der Waals surface area contributed by atoms with E-state index in [0.29, 0.717) is 26.1 Å². The van der Waals surface area contributed by atoms with E-state index in [4.69, 9.17) is 0 Å². The molecule has 0 spiro atoms. The number of aromatic nitrogens is 1. The summed E-state index contributed by atoms with van der Waals surface area (Å²) in [5.41, 5.74) is 3.10. The van der Waals surface area contributed by atoms with Gasteiger partial charge < -0.3 is 15.2 Å². The number of amides is 2. The number of rotatable bonds is 6. The Morgan fingerprint density at radius 2 is 1.66 bits per heavy atom. The number of anilines is 1. The van der Waals surface area contributed by atoms with E-state index in [2.05, 4.69) is 21.3 Å². The smallest absolute Gasteiger partial charge is 0.238 e. The average Bonchev–Trinajstić information content (AvgIpc) is 3.16. The molecule has 6 heteroatoms. The fraction of sp³-hybridized carbons (Fsp3) is 0.304. The van der Waals surface area contributed by atoms with Crippen LogP contribution >= 0.6 is 0 Å². The number of hydrogen-bond donors (Lipinski definition) is 2. The molecule has 0 unspecified atom stereocenters. The summed E-state index contributed by atoms with van der Waals surface area (Å²) in [6, 6.07) is 17.6. The van der Waals surface area contributed by atoms with E-state index >= 15 is 0 Å². The first kappa shape index (κ1) is 19.2. The van der Waals surface area contributed by atoms with Gasteiger partial charge in [0.05, 0.1) is 6.54 Å². The molecule has 1 saturated heterocycles. The van der Waals surface area contributed by atoms with E-state index in [1.54, 1.807) is 0 Å². The predicted octanol–water partition coefficient (Wildman–Crippen LogP) is 2.88. The number of fused-ring (bicyclic) bond motifs is 1. The minimum atomic E-state index is -0.0182. The van der Waals surface area contributed by atoms with Gasteiger partial charge in [0.1, 0.15) is 0 Å². The minimum Gasteiger partial charge on any atom is -0.361 e. The van der Waals surface area contributed by atoms with Crippen molar-refractivity contribution in [2.24, 2.45) is 0 Å². The molecule has 29 heavy (non-hydrogen) atoms. The Bertz CT molecular complexity index is 975. The largest absolute Gasteiger partial charge is 0.361 e. The Morgan fingerprint density at radius 3 is 2.45 bits per heavy atom. The highest BCUT2D eigenvalue weighted by Crippen LogP contribution is 2.19. The highest BCUT2D eigenvalue weighted by atomic mass is 16.2. The van der Waals surface area contributed by atoms with Crippen LogP contribution in [0.2, 0.25) is 0 Å². The van der Waals surface area contributed by atoms with Crippen LogP contribution in [0.1, 0.15) is 12.0 Å². The van der Waals surface area contributed by atoms with E-state index in [9.17, 15) is 9.59 Å². The number of nitrogens with one attached hydrogen (secondary N) is 2. The van der Waals surface area contributed by atoms with E-state index in [-0.39, 0.29) is 11.8 Å². The van der Waals surface area contributed by atoms with Crippen LogP contribution in [0.25, 0.3) is 10.9 Å². The Labute approximate surface area is 170 Å². The lowest BCUT2D eigenvalue weighted by Gasteiger charge is -2.34. The van der Waals surface area contributed by atoms with Crippen LogP contribution < -0.4 is 5.32 Å². The number of para-hydroxylation sites is 2. The minimum absolute atomic E-state index is 0.0182. The molecule has 2 N–H and O–H groups in total. The van der Waals surface area contributed by atoms with Crippen molar-refractivity contribution in [1.82, 2.24) is 14.8 Å². The van der Waals surface area contributed by atoms with Crippen LogP contribution in [0.15, 0.2) is 60.8 Å². The van der Waals surface area contributed by atoms with Gasteiger partial charge in [-0.25, -0.2) is 0 Å².